The first kappa shape index (κ1) is 35.8. The molecule has 0 saturated heterocycles. The molecule has 236 valence electrons. The number of nitrogens with one attached hydrogen (secondary N) is 2. The van der Waals surface area contributed by atoms with Gasteiger partial charge in [-0.05, 0) is 27.2 Å². The molecule has 0 radical (unpaired) electrons. The Labute approximate surface area is 242 Å². The van der Waals surface area contributed by atoms with Gasteiger partial charge >= 0.3 is 35.8 Å². The van der Waals surface area contributed by atoms with E-state index < -0.39 is 103 Å². The van der Waals surface area contributed by atoms with E-state index in [4.69, 9.17) is 23.7 Å². The lowest BCUT2D eigenvalue weighted by Gasteiger charge is -2.44. The SMILES string of the molecule is CC(=O)OC1[C@@H](OC(C)=O)CC(OC(C)=O)(C(=O)NCC(=O)N[C@@H](CCC(=O)OC(C)(C)C)C(=O)O)C[C@@H]1OC(C)=O. The van der Waals surface area contributed by atoms with Crippen molar-refractivity contribution in [3.8, 4) is 0 Å². The Morgan fingerprint density at radius 3 is 1.74 bits per heavy atom. The second kappa shape index (κ2) is 15.1. The highest BCUT2D eigenvalue weighted by atomic mass is 16.6. The van der Waals surface area contributed by atoms with E-state index in [0.29, 0.717) is 0 Å². The van der Waals surface area contributed by atoms with E-state index in [1.807, 2.05) is 0 Å². The number of amides is 2. The molecule has 1 aliphatic carbocycles. The van der Waals surface area contributed by atoms with Gasteiger partial charge in [-0.25, -0.2) is 4.79 Å². The molecule has 1 aliphatic rings. The standard InChI is InChI=1S/C26H38N2O14/c1-13(29)38-18-10-26(41-16(4)32,11-19(39-14(2)30)22(18)40-15(3)31)24(37)27-12-20(33)28-17(23(35)36)8-9-21(34)42-25(5,6)7/h17-19,22H,8-12H2,1-7H3,(H,27,37)(H,28,33)(H,35,36)/t17-,18-,19-,22?,26?/m0/s1. The van der Waals surface area contributed by atoms with Crippen LogP contribution >= 0.6 is 0 Å². The van der Waals surface area contributed by atoms with E-state index in [9.17, 15) is 43.5 Å². The van der Waals surface area contributed by atoms with E-state index in [1.165, 1.54) is 0 Å². The first-order valence-electron chi connectivity index (χ1n) is 13.0. The molecule has 0 aromatic carbocycles. The maximum Gasteiger partial charge on any atom is 0.326 e. The Morgan fingerprint density at radius 2 is 1.33 bits per heavy atom. The molecular formula is C26H38N2O14. The highest BCUT2D eigenvalue weighted by molar-refractivity contribution is 5.92. The summed E-state index contributed by atoms with van der Waals surface area (Å²) in [4.78, 5) is 96.8. The number of hydrogen-bond donors (Lipinski definition) is 3. The lowest BCUT2D eigenvalue weighted by Crippen LogP contribution is -2.63. The van der Waals surface area contributed by atoms with Crippen molar-refractivity contribution in [1.82, 2.24) is 10.6 Å². The normalized spacial score (nSPS) is 22.4. The van der Waals surface area contributed by atoms with Crippen molar-refractivity contribution in [3.63, 3.8) is 0 Å². The van der Waals surface area contributed by atoms with Crippen molar-refractivity contribution in [3.05, 3.63) is 0 Å². The van der Waals surface area contributed by atoms with Gasteiger partial charge in [-0.3, -0.25) is 33.6 Å². The average Bonchev–Trinajstić information content (AvgIpc) is 2.79. The fraction of sp³-hybridized carbons (Fsp3) is 0.692. The van der Waals surface area contributed by atoms with Crippen LogP contribution in [0.1, 0.15) is 74.1 Å². The summed E-state index contributed by atoms with van der Waals surface area (Å²) in [5, 5.41) is 13.9. The van der Waals surface area contributed by atoms with Crippen molar-refractivity contribution in [2.45, 2.75) is 110 Å². The number of carbonyl (C=O) groups excluding carboxylic acids is 7. The van der Waals surface area contributed by atoms with Crippen LogP contribution in [0.3, 0.4) is 0 Å². The summed E-state index contributed by atoms with van der Waals surface area (Å²) in [6.07, 6.45) is -5.86. The Bertz CT molecular complexity index is 1050. The Morgan fingerprint density at radius 1 is 0.833 bits per heavy atom. The van der Waals surface area contributed by atoms with Crippen LogP contribution in [0.25, 0.3) is 0 Å². The van der Waals surface area contributed by atoms with Crippen LogP contribution in [-0.2, 0) is 62.0 Å². The zero-order chi connectivity index (χ0) is 32.4. The second-order valence-electron chi connectivity index (χ2n) is 10.6. The van der Waals surface area contributed by atoms with Crippen LogP contribution in [-0.4, -0.2) is 94.8 Å². The maximum absolute atomic E-state index is 13.4. The van der Waals surface area contributed by atoms with Crippen LogP contribution < -0.4 is 10.6 Å². The quantitative estimate of drug-likeness (QED) is 0.192. The molecule has 0 aromatic rings. The predicted molar refractivity (Wildman–Crippen MR) is 138 cm³/mol. The van der Waals surface area contributed by atoms with Gasteiger partial charge in [0.1, 0.15) is 23.9 Å². The highest BCUT2D eigenvalue weighted by Crippen LogP contribution is 2.37. The number of aliphatic carboxylic acids is 1. The summed E-state index contributed by atoms with van der Waals surface area (Å²) in [6, 6.07) is -1.50. The van der Waals surface area contributed by atoms with Gasteiger partial charge < -0.3 is 39.4 Å². The molecule has 2 amide bonds. The van der Waals surface area contributed by atoms with Crippen LogP contribution in [0.4, 0.5) is 0 Å². The van der Waals surface area contributed by atoms with Crippen molar-refractivity contribution < 1.29 is 67.1 Å². The predicted octanol–water partition coefficient (Wildman–Crippen LogP) is -0.315. The molecule has 0 spiro atoms. The van der Waals surface area contributed by atoms with Crippen LogP contribution in [0.5, 0.6) is 0 Å². The Balaban J connectivity index is 3.13. The van der Waals surface area contributed by atoms with E-state index in [-0.39, 0.29) is 12.8 Å². The molecule has 1 saturated carbocycles. The number of ether oxygens (including phenoxy) is 5. The fourth-order valence-corrected chi connectivity index (χ4v) is 4.26. The highest BCUT2D eigenvalue weighted by Gasteiger charge is 2.57. The van der Waals surface area contributed by atoms with Crippen LogP contribution in [0.2, 0.25) is 0 Å². The summed E-state index contributed by atoms with van der Waals surface area (Å²) < 4.78 is 26.1. The minimum Gasteiger partial charge on any atom is -0.480 e. The molecule has 3 atom stereocenters. The van der Waals surface area contributed by atoms with Gasteiger partial charge in [-0.1, -0.05) is 0 Å². The number of esters is 5. The molecule has 0 heterocycles. The minimum absolute atomic E-state index is 0.299. The smallest absolute Gasteiger partial charge is 0.326 e. The van der Waals surface area contributed by atoms with Gasteiger partial charge in [0, 0.05) is 47.0 Å². The van der Waals surface area contributed by atoms with Gasteiger partial charge in [-0.15, -0.1) is 0 Å². The molecule has 42 heavy (non-hydrogen) atoms. The third-order valence-corrected chi connectivity index (χ3v) is 5.58. The van der Waals surface area contributed by atoms with Crippen molar-refractivity contribution in [2.24, 2.45) is 0 Å². The van der Waals surface area contributed by atoms with Crippen LogP contribution in [0, 0.1) is 0 Å². The molecule has 1 rings (SSSR count). The number of carbonyl (C=O) groups is 8. The molecule has 16 nitrogen and oxygen atoms in total. The third kappa shape index (κ3) is 12.1. The fourth-order valence-electron chi connectivity index (χ4n) is 4.26. The van der Waals surface area contributed by atoms with E-state index in [1.54, 1.807) is 20.8 Å². The molecule has 0 bridgehead atoms. The molecular weight excluding hydrogens is 564 g/mol. The molecule has 0 unspecified atom stereocenters. The first-order valence-corrected chi connectivity index (χ1v) is 13.0. The van der Waals surface area contributed by atoms with Gasteiger partial charge in [0.25, 0.3) is 5.91 Å². The largest absolute Gasteiger partial charge is 0.480 e. The molecule has 0 aromatic heterocycles. The average molecular weight is 603 g/mol. The van der Waals surface area contributed by atoms with Gasteiger partial charge in [0.05, 0.1) is 6.54 Å². The minimum atomic E-state index is -2.16. The van der Waals surface area contributed by atoms with E-state index in [2.05, 4.69) is 10.6 Å². The summed E-state index contributed by atoms with van der Waals surface area (Å²) in [7, 11) is 0. The lowest BCUT2D eigenvalue weighted by atomic mass is 9.78. The van der Waals surface area contributed by atoms with Crippen molar-refractivity contribution in [1.29, 1.82) is 0 Å². The molecule has 3 N–H and O–H groups in total. The Hall–Kier alpha value is -4.24. The second-order valence-corrected chi connectivity index (χ2v) is 10.6. The number of rotatable bonds is 12. The number of carboxylic acids is 1. The molecule has 16 heteroatoms. The maximum atomic E-state index is 13.4. The molecule has 0 aliphatic heterocycles. The van der Waals surface area contributed by atoms with Crippen LogP contribution in [0.15, 0.2) is 0 Å². The van der Waals surface area contributed by atoms with Crippen molar-refractivity contribution in [2.75, 3.05) is 6.54 Å². The summed E-state index contributed by atoms with van der Waals surface area (Å²) in [5.41, 5.74) is -2.95. The molecule has 1 fully saturated rings. The monoisotopic (exact) mass is 602 g/mol. The zero-order valence-electron chi connectivity index (χ0n) is 24.6. The first-order chi connectivity index (χ1) is 19.2. The number of hydrogen-bond acceptors (Lipinski definition) is 13. The van der Waals surface area contributed by atoms with E-state index >= 15 is 0 Å². The Kier molecular flexibility index (Phi) is 12.9. The zero-order valence-corrected chi connectivity index (χ0v) is 24.6. The van der Waals surface area contributed by atoms with Gasteiger partial charge in [0.2, 0.25) is 5.91 Å². The lowest BCUT2D eigenvalue weighted by molar-refractivity contribution is -0.215. The van der Waals surface area contributed by atoms with Gasteiger partial charge in [0.15, 0.2) is 11.7 Å². The summed E-state index contributed by atoms with van der Waals surface area (Å²) >= 11 is 0. The van der Waals surface area contributed by atoms with Crippen molar-refractivity contribution >= 4 is 47.6 Å². The number of carboxylic acid groups (broad SMARTS) is 1. The van der Waals surface area contributed by atoms with Gasteiger partial charge in [-0.2, -0.15) is 0 Å². The summed E-state index contributed by atoms with van der Waals surface area (Å²) in [6.45, 7) is 8.26. The van der Waals surface area contributed by atoms with E-state index in [0.717, 1.165) is 27.7 Å². The third-order valence-electron chi connectivity index (χ3n) is 5.58. The summed E-state index contributed by atoms with van der Waals surface area (Å²) in [5.74, 6) is -7.58. The topological polar surface area (TPSA) is 227 Å².